The van der Waals surface area contributed by atoms with Crippen molar-refractivity contribution in [2.24, 2.45) is 11.8 Å². The van der Waals surface area contributed by atoms with Gasteiger partial charge in [-0.3, -0.25) is 0 Å². The number of ether oxygens (including phenoxy) is 1. The molecule has 2 nitrogen and oxygen atoms in total. The quantitative estimate of drug-likeness (QED) is 0.586. The highest BCUT2D eigenvalue weighted by atomic mass is 16.5. The van der Waals surface area contributed by atoms with Crippen LogP contribution in [0.5, 0.6) is 0 Å². The third-order valence-electron chi connectivity index (χ3n) is 3.11. The van der Waals surface area contributed by atoms with Gasteiger partial charge < -0.3 is 9.84 Å². The van der Waals surface area contributed by atoms with Crippen molar-refractivity contribution < 1.29 is 9.84 Å². The Kier molecular flexibility index (Phi) is 1.46. The van der Waals surface area contributed by atoms with E-state index in [0.29, 0.717) is 17.9 Å². The van der Waals surface area contributed by atoms with Crippen LogP contribution in [0.25, 0.3) is 0 Å². The normalized spacial score (nSPS) is 52.2. The molecular weight excluding hydrogens is 128 g/mol. The van der Waals surface area contributed by atoms with Gasteiger partial charge in [0.05, 0.1) is 12.2 Å². The zero-order valence-corrected chi connectivity index (χ0v) is 6.29. The second-order valence-corrected chi connectivity index (χ2v) is 3.50. The molecule has 1 N–H and O–H groups in total. The molecule has 0 radical (unpaired) electrons. The lowest BCUT2D eigenvalue weighted by molar-refractivity contribution is 0.0360. The van der Waals surface area contributed by atoms with Crippen LogP contribution in [-0.2, 0) is 4.74 Å². The van der Waals surface area contributed by atoms with E-state index in [0.717, 1.165) is 6.42 Å². The molecule has 2 saturated carbocycles. The summed E-state index contributed by atoms with van der Waals surface area (Å²) in [6, 6.07) is 0. The molecule has 2 aliphatic carbocycles. The summed E-state index contributed by atoms with van der Waals surface area (Å²) in [7, 11) is 1.75. The van der Waals surface area contributed by atoms with E-state index in [9.17, 15) is 5.11 Å². The van der Waals surface area contributed by atoms with Gasteiger partial charge in [0.15, 0.2) is 0 Å². The van der Waals surface area contributed by atoms with E-state index < -0.39 is 0 Å². The van der Waals surface area contributed by atoms with Crippen LogP contribution in [0.15, 0.2) is 0 Å². The van der Waals surface area contributed by atoms with E-state index in [2.05, 4.69) is 0 Å². The molecule has 2 heteroatoms. The fourth-order valence-electron chi connectivity index (χ4n) is 2.50. The minimum atomic E-state index is -0.0510. The molecule has 2 fully saturated rings. The molecule has 10 heavy (non-hydrogen) atoms. The molecule has 0 aromatic carbocycles. The van der Waals surface area contributed by atoms with Gasteiger partial charge in [0, 0.05) is 13.0 Å². The van der Waals surface area contributed by atoms with Crippen molar-refractivity contribution in [3.63, 3.8) is 0 Å². The maximum atomic E-state index is 9.55. The largest absolute Gasteiger partial charge is 0.392 e. The molecule has 2 aliphatic rings. The predicted octanol–water partition coefficient (Wildman–Crippen LogP) is 0.792. The maximum Gasteiger partial charge on any atom is 0.0627 e. The van der Waals surface area contributed by atoms with E-state index in [-0.39, 0.29) is 6.10 Å². The second kappa shape index (κ2) is 2.21. The Morgan fingerprint density at radius 3 is 2.50 bits per heavy atom. The SMILES string of the molecule is CO[C@@H]1C[C@H]2CC[C@H]1[C@@H]2O. The number of rotatable bonds is 1. The lowest BCUT2D eigenvalue weighted by atomic mass is 9.98. The van der Waals surface area contributed by atoms with E-state index in [1.165, 1.54) is 12.8 Å². The Morgan fingerprint density at radius 2 is 2.20 bits per heavy atom. The number of methoxy groups -OCH3 is 1. The summed E-state index contributed by atoms with van der Waals surface area (Å²) in [5.74, 6) is 1.00. The summed E-state index contributed by atoms with van der Waals surface area (Å²) >= 11 is 0. The Labute approximate surface area is 61.2 Å². The zero-order valence-electron chi connectivity index (χ0n) is 6.29. The fraction of sp³-hybridized carbons (Fsp3) is 1.00. The van der Waals surface area contributed by atoms with Crippen molar-refractivity contribution in [1.82, 2.24) is 0 Å². The van der Waals surface area contributed by atoms with Gasteiger partial charge in [0.2, 0.25) is 0 Å². The molecule has 0 aromatic rings. The number of hydrogen-bond acceptors (Lipinski definition) is 2. The van der Waals surface area contributed by atoms with Crippen molar-refractivity contribution in [2.75, 3.05) is 7.11 Å². The fourth-order valence-corrected chi connectivity index (χ4v) is 2.50. The number of fused-ring (bicyclic) bond motifs is 2. The third-order valence-corrected chi connectivity index (χ3v) is 3.11. The first-order valence-corrected chi connectivity index (χ1v) is 4.04. The van der Waals surface area contributed by atoms with Crippen LogP contribution >= 0.6 is 0 Å². The molecule has 4 atom stereocenters. The van der Waals surface area contributed by atoms with Crippen LogP contribution < -0.4 is 0 Å². The van der Waals surface area contributed by atoms with Gasteiger partial charge in [0.25, 0.3) is 0 Å². The molecule has 0 amide bonds. The molecule has 58 valence electrons. The second-order valence-electron chi connectivity index (χ2n) is 3.50. The highest BCUT2D eigenvalue weighted by molar-refractivity contribution is 4.97. The van der Waals surface area contributed by atoms with Gasteiger partial charge >= 0.3 is 0 Å². The summed E-state index contributed by atoms with van der Waals surface area (Å²) in [6.45, 7) is 0. The average Bonchev–Trinajstić information content (AvgIpc) is 2.46. The molecular formula is C8H14O2. The molecule has 0 spiro atoms. The van der Waals surface area contributed by atoms with Crippen LogP contribution in [-0.4, -0.2) is 24.4 Å². The molecule has 0 heterocycles. The monoisotopic (exact) mass is 142 g/mol. The topological polar surface area (TPSA) is 29.5 Å². The minimum absolute atomic E-state index is 0.0510. The number of aliphatic hydroxyl groups is 1. The van der Waals surface area contributed by atoms with Gasteiger partial charge in [-0.15, -0.1) is 0 Å². The van der Waals surface area contributed by atoms with Crippen LogP contribution in [0, 0.1) is 11.8 Å². The Hall–Kier alpha value is -0.0800. The van der Waals surface area contributed by atoms with E-state index in [4.69, 9.17) is 4.74 Å². The van der Waals surface area contributed by atoms with Gasteiger partial charge in [-0.05, 0) is 25.2 Å². The summed E-state index contributed by atoms with van der Waals surface area (Å²) < 4.78 is 5.26. The third kappa shape index (κ3) is 0.722. The minimum Gasteiger partial charge on any atom is -0.392 e. The van der Waals surface area contributed by atoms with Gasteiger partial charge in [-0.2, -0.15) is 0 Å². The molecule has 0 aliphatic heterocycles. The Morgan fingerprint density at radius 1 is 1.40 bits per heavy atom. The van der Waals surface area contributed by atoms with Crippen molar-refractivity contribution in [3.8, 4) is 0 Å². The summed E-state index contributed by atoms with van der Waals surface area (Å²) in [6.07, 6.45) is 3.77. The molecule has 0 saturated heterocycles. The summed E-state index contributed by atoms with van der Waals surface area (Å²) in [5, 5.41) is 9.55. The Balaban J connectivity index is 2.08. The first kappa shape index (κ1) is 6.62. The van der Waals surface area contributed by atoms with Gasteiger partial charge in [-0.25, -0.2) is 0 Å². The van der Waals surface area contributed by atoms with E-state index in [1.807, 2.05) is 0 Å². The van der Waals surface area contributed by atoms with E-state index >= 15 is 0 Å². The molecule has 0 unspecified atom stereocenters. The molecule has 2 rings (SSSR count). The van der Waals surface area contributed by atoms with E-state index in [1.54, 1.807) is 7.11 Å². The molecule has 0 aromatic heterocycles. The highest BCUT2D eigenvalue weighted by Gasteiger charge is 2.47. The zero-order chi connectivity index (χ0) is 7.14. The standard InChI is InChI=1S/C8H14O2/c1-10-7-4-5-2-3-6(7)8(5)9/h5-9H,2-4H2,1H3/t5-,6-,7-,8-/m1/s1. The van der Waals surface area contributed by atoms with Gasteiger partial charge in [0.1, 0.15) is 0 Å². The lowest BCUT2D eigenvalue weighted by Crippen LogP contribution is -2.21. The van der Waals surface area contributed by atoms with Crippen LogP contribution in [0.4, 0.5) is 0 Å². The van der Waals surface area contributed by atoms with Crippen LogP contribution in [0.1, 0.15) is 19.3 Å². The Bertz CT molecular complexity index is 135. The molecule has 2 bridgehead atoms. The number of aliphatic hydroxyl groups excluding tert-OH is 1. The number of hydrogen-bond donors (Lipinski definition) is 1. The summed E-state index contributed by atoms with van der Waals surface area (Å²) in [4.78, 5) is 0. The maximum absolute atomic E-state index is 9.55. The van der Waals surface area contributed by atoms with Crippen LogP contribution in [0.3, 0.4) is 0 Å². The van der Waals surface area contributed by atoms with Gasteiger partial charge in [-0.1, -0.05) is 0 Å². The van der Waals surface area contributed by atoms with Crippen LogP contribution in [0.2, 0.25) is 0 Å². The first-order valence-electron chi connectivity index (χ1n) is 4.04. The predicted molar refractivity (Wildman–Crippen MR) is 37.6 cm³/mol. The average molecular weight is 142 g/mol. The lowest BCUT2D eigenvalue weighted by Gasteiger charge is -2.18. The van der Waals surface area contributed by atoms with Crippen molar-refractivity contribution in [2.45, 2.75) is 31.5 Å². The smallest absolute Gasteiger partial charge is 0.0627 e. The first-order chi connectivity index (χ1) is 4.83. The van der Waals surface area contributed by atoms with Crippen molar-refractivity contribution in [3.05, 3.63) is 0 Å². The van der Waals surface area contributed by atoms with Crippen molar-refractivity contribution >= 4 is 0 Å². The highest BCUT2D eigenvalue weighted by Crippen LogP contribution is 2.45. The van der Waals surface area contributed by atoms with Crippen molar-refractivity contribution in [1.29, 1.82) is 0 Å². The summed E-state index contributed by atoms with van der Waals surface area (Å²) in [5.41, 5.74) is 0.